The van der Waals surface area contributed by atoms with Gasteiger partial charge >= 0.3 is 0 Å². The number of hydrogen-bond donors (Lipinski definition) is 0. The fourth-order valence-electron chi connectivity index (χ4n) is 3.10. The Kier molecular flexibility index (Phi) is 5.78. The number of nitrogens with zero attached hydrogens (tertiary/aromatic N) is 3. The topological polar surface area (TPSA) is 36.0 Å². The number of ether oxygens (including phenoxy) is 1. The van der Waals surface area contributed by atoms with Gasteiger partial charge in [0.15, 0.2) is 0 Å². The average molecular weight is 353 g/mol. The number of benzene rings is 2. The maximum Gasteiger partial charge on any atom is 0.253 e. The van der Waals surface area contributed by atoms with E-state index < -0.39 is 0 Å². The number of carbonyl (C=O) groups excluding carboxylic acids is 1. The summed E-state index contributed by atoms with van der Waals surface area (Å²) in [5, 5.41) is 0. The van der Waals surface area contributed by atoms with E-state index in [-0.39, 0.29) is 5.91 Å². The summed E-state index contributed by atoms with van der Waals surface area (Å²) in [5.41, 5.74) is 4.14. The predicted molar refractivity (Wildman–Crippen MR) is 106 cm³/mol. The van der Waals surface area contributed by atoms with Crippen LogP contribution in [0.2, 0.25) is 0 Å². The number of carbonyl (C=O) groups is 1. The average Bonchev–Trinajstić information content (AvgIpc) is 2.68. The third kappa shape index (κ3) is 4.35. The summed E-state index contributed by atoms with van der Waals surface area (Å²) in [6.07, 6.45) is 0. The van der Waals surface area contributed by atoms with Crippen LogP contribution in [0.4, 0.5) is 11.4 Å². The number of morpholine rings is 1. The highest BCUT2D eigenvalue weighted by Gasteiger charge is 2.14. The Morgan fingerprint density at radius 1 is 0.962 bits per heavy atom. The van der Waals surface area contributed by atoms with Crippen molar-refractivity contribution in [1.82, 2.24) is 4.90 Å². The van der Waals surface area contributed by atoms with Crippen molar-refractivity contribution in [2.24, 2.45) is 0 Å². The minimum atomic E-state index is 0.0348. The zero-order valence-corrected chi connectivity index (χ0v) is 15.8. The third-order valence-electron chi connectivity index (χ3n) is 4.71. The van der Waals surface area contributed by atoms with Crippen LogP contribution >= 0.6 is 0 Å². The molecule has 2 aromatic carbocycles. The van der Waals surface area contributed by atoms with Crippen molar-refractivity contribution in [3.63, 3.8) is 0 Å². The van der Waals surface area contributed by atoms with Crippen molar-refractivity contribution in [2.45, 2.75) is 6.54 Å². The van der Waals surface area contributed by atoms with Crippen LogP contribution in [-0.4, -0.2) is 58.3 Å². The summed E-state index contributed by atoms with van der Waals surface area (Å²) < 4.78 is 5.40. The first kappa shape index (κ1) is 18.3. The van der Waals surface area contributed by atoms with Crippen LogP contribution in [0.3, 0.4) is 0 Å². The molecule has 1 fully saturated rings. The summed E-state index contributed by atoms with van der Waals surface area (Å²) in [4.78, 5) is 18.7. The molecule has 5 nitrogen and oxygen atoms in total. The van der Waals surface area contributed by atoms with Gasteiger partial charge in [-0.1, -0.05) is 12.1 Å². The monoisotopic (exact) mass is 353 g/mol. The van der Waals surface area contributed by atoms with E-state index >= 15 is 0 Å². The zero-order chi connectivity index (χ0) is 18.5. The van der Waals surface area contributed by atoms with Crippen molar-refractivity contribution >= 4 is 17.3 Å². The molecule has 0 aliphatic carbocycles. The maximum atomic E-state index is 12.6. The summed E-state index contributed by atoms with van der Waals surface area (Å²) in [6, 6.07) is 16.2. The summed E-state index contributed by atoms with van der Waals surface area (Å²) in [5.74, 6) is 0.0348. The molecule has 3 rings (SSSR count). The van der Waals surface area contributed by atoms with Crippen molar-refractivity contribution in [3.05, 3.63) is 59.7 Å². The fraction of sp³-hybridized carbons (Fsp3) is 0.381. The van der Waals surface area contributed by atoms with E-state index in [4.69, 9.17) is 4.74 Å². The normalized spacial score (nSPS) is 14.2. The second kappa shape index (κ2) is 8.23. The Bertz CT molecular complexity index is 720. The molecule has 0 atom stereocenters. The molecular weight excluding hydrogens is 326 g/mol. The van der Waals surface area contributed by atoms with Gasteiger partial charge in [-0.3, -0.25) is 4.79 Å². The standard InChI is InChI=1S/C21H27N3O2/c1-22(2)19-10-6-18(7-11-19)21(25)23(3)16-17-4-8-20(9-5-17)24-12-14-26-15-13-24/h4-11H,12-16H2,1-3H3. The molecular formula is C21H27N3O2. The van der Waals surface area contributed by atoms with Gasteiger partial charge in [0.2, 0.25) is 0 Å². The van der Waals surface area contributed by atoms with E-state index in [9.17, 15) is 4.79 Å². The number of anilines is 2. The second-order valence-corrected chi connectivity index (χ2v) is 6.87. The minimum absolute atomic E-state index is 0.0348. The molecule has 5 heteroatoms. The first-order valence-corrected chi connectivity index (χ1v) is 8.99. The molecule has 1 aliphatic heterocycles. The van der Waals surface area contributed by atoms with Crippen LogP contribution in [0.5, 0.6) is 0 Å². The highest BCUT2D eigenvalue weighted by Crippen LogP contribution is 2.18. The van der Waals surface area contributed by atoms with Crippen LogP contribution in [0.1, 0.15) is 15.9 Å². The Hall–Kier alpha value is -2.53. The molecule has 0 spiro atoms. The van der Waals surface area contributed by atoms with Crippen molar-refractivity contribution < 1.29 is 9.53 Å². The number of amides is 1. The lowest BCUT2D eigenvalue weighted by Crippen LogP contribution is -2.36. The number of hydrogen-bond acceptors (Lipinski definition) is 4. The molecule has 1 aliphatic rings. The van der Waals surface area contributed by atoms with Gasteiger partial charge in [-0.15, -0.1) is 0 Å². The van der Waals surface area contributed by atoms with Gasteiger partial charge in [0.05, 0.1) is 13.2 Å². The van der Waals surface area contributed by atoms with E-state index in [0.29, 0.717) is 12.1 Å². The van der Waals surface area contributed by atoms with Gasteiger partial charge in [0, 0.05) is 57.7 Å². The van der Waals surface area contributed by atoms with Gasteiger partial charge < -0.3 is 19.4 Å². The molecule has 0 saturated carbocycles. The highest BCUT2D eigenvalue weighted by atomic mass is 16.5. The smallest absolute Gasteiger partial charge is 0.253 e. The van der Waals surface area contributed by atoms with Gasteiger partial charge in [-0.2, -0.15) is 0 Å². The lowest BCUT2D eigenvalue weighted by molar-refractivity contribution is 0.0785. The predicted octanol–water partition coefficient (Wildman–Crippen LogP) is 2.86. The second-order valence-electron chi connectivity index (χ2n) is 6.87. The molecule has 138 valence electrons. The van der Waals surface area contributed by atoms with E-state index in [1.807, 2.05) is 50.3 Å². The van der Waals surface area contributed by atoms with Crippen molar-refractivity contribution in [1.29, 1.82) is 0 Å². The maximum absolute atomic E-state index is 12.6. The quantitative estimate of drug-likeness (QED) is 0.828. The minimum Gasteiger partial charge on any atom is -0.378 e. The lowest BCUT2D eigenvalue weighted by atomic mass is 10.1. The molecule has 0 N–H and O–H groups in total. The Labute approximate surface area is 155 Å². The largest absolute Gasteiger partial charge is 0.378 e. The molecule has 1 amide bonds. The summed E-state index contributed by atoms with van der Waals surface area (Å²) in [7, 11) is 5.82. The SMILES string of the molecule is CN(Cc1ccc(N2CCOCC2)cc1)C(=O)c1ccc(N(C)C)cc1. The van der Waals surface area contributed by atoms with Crippen LogP contribution in [0.25, 0.3) is 0 Å². The molecule has 2 aromatic rings. The molecule has 1 heterocycles. The van der Waals surface area contributed by atoms with Gasteiger partial charge in [-0.05, 0) is 42.0 Å². The first-order valence-electron chi connectivity index (χ1n) is 8.99. The van der Waals surface area contributed by atoms with E-state index in [0.717, 1.165) is 37.6 Å². The molecule has 0 radical (unpaired) electrons. The molecule has 0 aromatic heterocycles. The van der Waals surface area contributed by atoms with E-state index in [1.54, 1.807) is 4.90 Å². The third-order valence-corrected chi connectivity index (χ3v) is 4.71. The lowest BCUT2D eigenvalue weighted by Gasteiger charge is -2.29. The zero-order valence-electron chi connectivity index (χ0n) is 15.8. The van der Waals surface area contributed by atoms with Crippen LogP contribution in [-0.2, 0) is 11.3 Å². The molecule has 26 heavy (non-hydrogen) atoms. The molecule has 1 saturated heterocycles. The van der Waals surface area contributed by atoms with E-state index in [1.165, 1.54) is 5.69 Å². The van der Waals surface area contributed by atoms with Gasteiger partial charge in [-0.25, -0.2) is 0 Å². The molecule has 0 bridgehead atoms. The number of rotatable bonds is 5. The Balaban J connectivity index is 1.61. The van der Waals surface area contributed by atoms with Crippen molar-refractivity contribution in [3.8, 4) is 0 Å². The van der Waals surface area contributed by atoms with Crippen LogP contribution < -0.4 is 9.80 Å². The summed E-state index contributed by atoms with van der Waals surface area (Å²) >= 11 is 0. The van der Waals surface area contributed by atoms with Crippen LogP contribution in [0, 0.1) is 0 Å². The van der Waals surface area contributed by atoms with E-state index in [2.05, 4.69) is 29.2 Å². The Morgan fingerprint density at radius 2 is 1.58 bits per heavy atom. The van der Waals surface area contributed by atoms with Crippen LogP contribution in [0.15, 0.2) is 48.5 Å². The van der Waals surface area contributed by atoms with Gasteiger partial charge in [0.25, 0.3) is 5.91 Å². The fourth-order valence-corrected chi connectivity index (χ4v) is 3.10. The summed E-state index contributed by atoms with van der Waals surface area (Å²) in [6.45, 7) is 4.02. The first-order chi connectivity index (χ1) is 12.5. The van der Waals surface area contributed by atoms with Crippen molar-refractivity contribution in [2.75, 3.05) is 57.2 Å². The van der Waals surface area contributed by atoms with Gasteiger partial charge in [0.1, 0.15) is 0 Å². The highest BCUT2D eigenvalue weighted by molar-refractivity contribution is 5.94. The Morgan fingerprint density at radius 3 is 2.15 bits per heavy atom. The molecule has 0 unspecified atom stereocenters.